The molecule has 2 aliphatic carbocycles. The van der Waals surface area contributed by atoms with Crippen LogP contribution in [-0.4, -0.2) is 5.78 Å². The molecule has 0 aromatic rings. The Balaban J connectivity index is 2.21. The first-order valence-electron chi connectivity index (χ1n) is 7.38. The fourth-order valence-corrected chi connectivity index (χ4v) is 5.13. The highest BCUT2D eigenvalue weighted by Crippen LogP contribution is 2.59. The van der Waals surface area contributed by atoms with Crippen LogP contribution in [0, 0.1) is 35.0 Å². The summed E-state index contributed by atoms with van der Waals surface area (Å²) in [5.41, 5.74) is 0.316. The molecule has 0 amide bonds. The molecular weight excluding hydrogens is 208 g/mol. The second kappa shape index (κ2) is 4.40. The molecule has 0 aliphatic heterocycles. The highest BCUT2D eigenvalue weighted by molar-refractivity contribution is 5.79. The second-order valence-corrected chi connectivity index (χ2v) is 7.16. The summed E-state index contributed by atoms with van der Waals surface area (Å²) in [6.45, 7) is 11.4. The lowest BCUT2D eigenvalue weighted by atomic mass is 9.56. The zero-order valence-electron chi connectivity index (χ0n) is 12.1. The summed E-state index contributed by atoms with van der Waals surface area (Å²) in [7, 11) is 0. The van der Waals surface area contributed by atoms with E-state index in [0.29, 0.717) is 17.1 Å². The van der Waals surface area contributed by atoms with Crippen LogP contribution in [0.4, 0.5) is 0 Å². The standard InChI is InChI=1S/C16H28O/c1-10(2)13-8-9-16(5)14(11(13)3)6-7-15(16)12(4)17/h10-11,13-15H,6-9H2,1-5H3/t11-,13-,14+,15-,16+/m1/s1. The summed E-state index contributed by atoms with van der Waals surface area (Å²) in [6, 6.07) is 0. The molecule has 0 saturated heterocycles. The van der Waals surface area contributed by atoms with Crippen molar-refractivity contribution in [2.24, 2.45) is 35.0 Å². The summed E-state index contributed by atoms with van der Waals surface area (Å²) in [6.07, 6.45) is 5.03. The van der Waals surface area contributed by atoms with Crippen molar-refractivity contribution in [1.82, 2.24) is 0 Å². The molecule has 2 saturated carbocycles. The molecular formula is C16H28O. The Hall–Kier alpha value is -0.330. The lowest BCUT2D eigenvalue weighted by molar-refractivity contribution is -0.126. The van der Waals surface area contributed by atoms with E-state index in [1.807, 2.05) is 0 Å². The summed E-state index contributed by atoms with van der Waals surface area (Å²) in [4.78, 5) is 11.8. The molecule has 5 atom stereocenters. The van der Waals surface area contributed by atoms with Crippen molar-refractivity contribution in [2.75, 3.05) is 0 Å². The SMILES string of the molecule is CC(=O)[C@H]1CC[C@H]2[C@H](C)[C@@H](C(C)C)CC[C@]12C. The topological polar surface area (TPSA) is 17.1 Å². The molecule has 0 unspecified atom stereocenters. The van der Waals surface area contributed by atoms with E-state index < -0.39 is 0 Å². The normalized spacial score (nSPS) is 46.0. The van der Waals surface area contributed by atoms with Crippen LogP contribution in [0.15, 0.2) is 0 Å². The Kier molecular flexibility index (Phi) is 3.40. The zero-order chi connectivity index (χ0) is 12.8. The molecule has 0 heterocycles. The Morgan fingerprint density at radius 2 is 1.88 bits per heavy atom. The van der Waals surface area contributed by atoms with Crippen LogP contribution in [0.1, 0.15) is 60.3 Å². The fraction of sp³-hybridized carbons (Fsp3) is 0.938. The van der Waals surface area contributed by atoms with Crippen LogP contribution >= 0.6 is 0 Å². The van der Waals surface area contributed by atoms with Crippen LogP contribution in [0.5, 0.6) is 0 Å². The van der Waals surface area contributed by atoms with Crippen LogP contribution in [-0.2, 0) is 4.79 Å². The molecule has 0 spiro atoms. The van der Waals surface area contributed by atoms with E-state index in [4.69, 9.17) is 0 Å². The van der Waals surface area contributed by atoms with Gasteiger partial charge in [0.2, 0.25) is 0 Å². The minimum absolute atomic E-state index is 0.316. The minimum atomic E-state index is 0.316. The number of Topliss-reactive ketones (excluding diaryl/α,β-unsaturated/α-hetero) is 1. The molecule has 0 aromatic carbocycles. The maximum Gasteiger partial charge on any atom is 0.133 e. The largest absolute Gasteiger partial charge is 0.300 e. The Labute approximate surface area is 106 Å². The van der Waals surface area contributed by atoms with E-state index in [1.54, 1.807) is 6.92 Å². The minimum Gasteiger partial charge on any atom is -0.300 e. The molecule has 1 nitrogen and oxygen atoms in total. The van der Waals surface area contributed by atoms with Gasteiger partial charge in [0.1, 0.15) is 5.78 Å². The van der Waals surface area contributed by atoms with Gasteiger partial charge < -0.3 is 0 Å². The molecule has 2 fully saturated rings. The van der Waals surface area contributed by atoms with Gasteiger partial charge in [0.25, 0.3) is 0 Å². The van der Waals surface area contributed by atoms with E-state index in [-0.39, 0.29) is 0 Å². The zero-order valence-corrected chi connectivity index (χ0v) is 12.1. The lowest BCUT2D eigenvalue weighted by Gasteiger charge is -2.48. The van der Waals surface area contributed by atoms with E-state index in [1.165, 1.54) is 19.3 Å². The molecule has 0 bridgehead atoms. The maximum atomic E-state index is 11.8. The number of rotatable bonds is 2. The van der Waals surface area contributed by atoms with Gasteiger partial charge in [-0.1, -0.05) is 27.7 Å². The highest BCUT2D eigenvalue weighted by Gasteiger charge is 2.53. The third-order valence-corrected chi connectivity index (χ3v) is 6.08. The molecule has 0 N–H and O–H groups in total. The van der Waals surface area contributed by atoms with Crippen molar-refractivity contribution in [3.05, 3.63) is 0 Å². The molecule has 98 valence electrons. The first-order valence-corrected chi connectivity index (χ1v) is 7.38. The highest BCUT2D eigenvalue weighted by atomic mass is 16.1. The van der Waals surface area contributed by atoms with Crippen LogP contribution in [0.3, 0.4) is 0 Å². The average Bonchev–Trinajstić information content (AvgIpc) is 2.56. The summed E-state index contributed by atoms with van der Waals surface area (Å²) < 4.78 is 0. The van der Waals surface area contributed by atoms with Crippen molar-refractivity contribution in [3.63, 3.8) is 0 Å². The summed E-state index contributed by atoms with van der Waals surface area (Å²) in [5, 5.41) is 0. The predicted octanol–water partition coefficient (Wildman–Crippen LogP) is 4.31. The molecule has 17 heavy (non-hydrogen) atoms. The number of carbonyl (C=O) groups excluding carboxylic acids is 1. The average molecular weight is 236 g/mol. The molecule has 1 heteroatoms. The van der Waals surface area contributed by atoms with E-state index >= 15 is 0 Å². The van der Waals surface area contributed by atoms with Crippen LogP contribution in [0.25, 0.3) is 0 Å². The number of ketones is 1. The van der Waals surface area contributed by atoms with Crippen molar-refractivity contribution in [1.29, 1.82) is 0 Å². The molecule has 2 aliphatic rings. The summed E-state index contributed by atoms with van der Waals surface area (Å²) >= 11 is 0. The van der Waals surface area contributed by atoms with Gasteiger partial charge in [0.15, 0.2) is 0 Å². The van der Waals surface area contributed by atoms with Gasteiger partial charge in [-0.2, -0.15) is 0 Å². The van der Waals surface area contributed by atoms with Crippen molar-refractivity contribution >= 4 is 5.78 Å². The first kappa shape index (κ1) is 13.1. The number of hydrogen-bond acceptors (Lipinski definition) is 1. The monoisotopic (exact) mass is 236 g/mol. The predicted molar refractivity (Wildman–Crippen MR) is 71.7 cm³/mol. The Morgan fingerprint density at radius 3 is 2.41 bits per heavy atom. The van der Waals surface area contributed by atoms with E-state index in [9.17, 15) is 4.79 Å². The smallest absolute Gasteiger partial charge is 0.133 e. The first-order chi connectivity index (χ1) is 7.88. The van der Waals surface area contributed by atoms with Gasteiger partial charge in [-0.3, -0.25) is 4.79 Å². The van der Waals surface area contributed by atoms with Gasteiger partial charge in [-0.25, -0.2) is 0 Å². The van der Waals surface area contributed by atoms with Gasteiger partial charge in [-0.05, 0) is 61.7 Å². The van der Waals surface area contributed by atoms with Crippen LogP contribution < -0.4 is 0 Å². The van der Waals surface area contributed by atoms with E-state index in [2.05, 4.69) is 27.7 Å². The quantitative estimate of drug-likeness (QED) is 0.698. The third-order valence-electron chi connectivity index (χ3n) is 6.08. The fourth-order valence-electron chi connectivity index (χ4n) is 5.13. The van der Waals surface area contributed by atoms with Crippen LogP contribution in [0.2, 0.25) is 0 Å². The van der Waals surface area contributed by atoms with E-state index in [0.717, 1.165) is 30.1 Å². The van der Waals surface area contributed by atoms with Gasteiger partial charge in [-0.15, -0.1) is 0 Å². The number of carbonyl (C=O) groups is 1. The number of hydrogen-bond donors (Lipinski definition) is 0. The number of fused-ring (bicyclic) bond motifs is 1. The van der Waals surface area contributed by atoms with Crippen molar-refractivity contribution in [2.45, 2.75) is 60.3 Å². The molecule has 0 radical (unpaired) electrons. The Morgan fingerprint density at radius 1 is 1.24 bits per heavy atom. The maximum absolute atomic E-state index is 11.8. The molecule has 2 rings (SSSR count). The second-order valence-electron chi connectivity index (χ2n) is 7.16. The Bertz CT molecular complexity index is 307. The van der Waals surface area contributed by atoms with Gasteiger partial charge in [0.05, 0.1) is 0 Å². The summed E-state index contributed by atoms with van der Waals surface area (Å²) in [5.74, 6) is 4.05. The molecule has 0 aromatic heterocycles. The lowest BCUT2D eigenvalue weighted by Crippen LogP contribution is -2.43. The van der Waals surface area contributed by atoms with Crippen molar-refractivity contribution < 1.29 is 4.79 Å². The van der Waals surface area contributed by atoms with Gasteiger partial charge >= 0.3 is 0 Å². The van der Waals surface area contributed by atoms with Crippen molar-refractivity contribution in [3.8, 4) is 0 Å². The van der Waals surface area contributed by atoms with Gasteiger partial charge in [0, 0.05) is 5.92 Å². The third kappa shape index (κ3) is 1.96.